The molecule has 28 heavy (non-hydrogen) atoms. The molecular formula is C24H23ClFNO. The van der Waals surface area contributed by atoms with Gasteiger partial charge in [-0.1, -0.05) is 54.1 Å². The van der Waals surface area contributed by atoms with Gasteiger partial charge in [0.15, 0.2) is 0 Å². The molecule has 3 aromatic carbocycles. The molecule has 0 aliphatic rings. The van der Waals surface area contributed by atoms with Crippen molar-refractivity contribution in [3.8, 4) is 0 Å². The maximum absolute atomic E-state index is 13.8. The number of hydrogen-bond donors (Lipinski definition) is 0. The van der Waals surface area contributed by atoms with Crippen molar-refractivity contribution in [1.82, 2.24) is 0 Å². The summed E-state index contributed by atoms with van der Waals surface area (Å²) >= 11 is 5.77. The van der Waals surface area contributed by atoms with Gasteiger partial charge >= 0.3 is 0 Å². The van der Waals surface area contributed by atoms with E-state index in [9.17, 15) is 9.18 Å². The van der Waals surface area contributed by atoms with Crippen molar-refractivity contribution in [2.45, 2.75) is 26.7 Å². The Labute approximate surface area is 170 Å². The molecule has 1 amide bonds. The lowest BCUT2D eigenvalue weighted by Crippen LogP contribution is -2.34. The number of halogens is 2. The van der Waals surface area contributed by atoms with Gasteiger partial charge in [-0.15, -0.1) is 0 Å². The van der Waals surface area contributed by atoms with Gasteiger partial charge in [-0.3, -0.25) is 4.79 Å². The monoisotopic (exact) mass is 395 g/mol. The Balaban J connectivity index is 1.83. The molecule has 0 radical (unpaired) electrons. The zero-order valence-corrected chi connectivity index (χ0v) is 16.8. The molecule has 0 aliphatic heterocycles. The van der Waals surface area contributed by atoms with Crippen molar-refractivity contribution < 1.29 is 9.18 Å². The molecule has 0 aliphatic carbocycles. The minimum Gasteiger partial charge on any atom is -0.312 e. The standard InChI is InChI=1S/C24H23ClFNO/c1-17-8-10-21(14-18(17)2)27(24(28)16-19-6-4-3-5-7-19)13-12-20-9-11-22(25)23(26)15-20/h3-11,14-15H,12-13,16H2,1-2H3. The predicted octanol–water partition coefficient (Wildman–Crippen LogP) is 5.91. The molecule has 4 heteroatoms. The summed E-state index contributed by atoms with van der Waals surface area (Å²) in [5.74, 6) is -0.420. The van der Waals surface area contributed by atoms with E-state index in [1.807, 2.05) is 62.4 Å². The van der Waals surface area contributed by atoms with Gasteiger partial charge in [0, 0.05) is 12.2 Å². The highest BCUT2D eigenvalue weighted by atomic mass is 35.5. The smallest absolute Gasteiger partial charge is 0.231 e. The Morgan fingerprint density at radius 3 is 2.36 bits per heavy atom. The summed E-state index contributed by atoms with van der Waals surface area (Å²) in [5, 5.41) is 0.106. The predicted molar refractivity (Wildman–Crippen MR) is 114 cm³/mol. The summed E-state index contributed by atoms with van der Waals surface area (Å²) in [7, 11) is 0. The fourth-order valence-electron chi connectivity index (χ4n) is 3.09. The van der Waals surface area contributed by atoms with Crippen molar-refractivity contribution in [3.63, 3.8) is 0 Å². The molecule has 0 aromatic heterocycles. The summed E-state index contributed by atoms with van der Waals surface area (Å²) in [6.07, 6.45) is 0.865. The molecule has 0 N–H and O–H groups in total. The molecule has 0 atom stereocenters. The summed E-state index contributed by atoms with van der Waals surface area (Å²) in [5.41, 5.74) is 4.95. The lowest BCUT2D eigenvalue weighted by Gasteiger charge is -2.24. The maximum atomic E-state index is 13.8. The number of hydrogen-bond acceptors (Lipinski definition) is 1. The van der Waals surface area contributed by atoms with Crippen LogP contribution in [0.3, 0.4) is 0 Å². The molecule has 0 heterocycles. The van der Waals surface area contributed by atoms with Crippen molar-refractivity contribution in [3.05, 3.63) is 99.8 Å². The van der Waals surface area contributed by atoms with Crippen LogP contribution in [0, 0.1) is 19.7 Å². The van der Waals surface area contributed by atoms with Crippen molar-refractivity contribution in [2.75, 3.05) is 11.4 Å². The average molecular weight is 396 g/mol. The Morgan fingerprint density at radius 2 is 1.68 bits per heavy atom. The Bertz CT molecular complexity index is 972. The molecular weight excluding hydrogens is 373 g/mol. The van der Waals surface area contributed by atoms with Gasteiger partial charge in [-0.2, -0.15) is 0 Å². The average Bonchev–Trinajstić information content (AvgIpc) is 2.68. The molecule has 144 valence electrons. The molecule has 0 saturated heterocycles. The fraction of sp³-hybridized carbons (Fsp3) is 0.208. The highest BCUT2D eigenvalue weighted by Gasteiger charge is 2.17. The van der Waals surface area contributed by atoms with Crippen molar-refractivity contribution in [1.29, 1.82) is 0 Å². The van der Waals surface area contributed by atoms with Crippen LogP contribution in [0.1, 0.15) is 22.3 Å². The number of nitrogens with zero attached hydrogens (tertiary/aromatic N) is 1. The number of aryl methyl sites for hydroxylation is 2. The highest BCUT2D eigenvalue weighted by molar-refractivity contribution is 6.30. The first kappa shape index (κ1) is 20.1. The molecule has 0 unspecified atom stereocenters. The first-order valence-corrected chi connectivity index (χ1v) is 9.67. The second-order valence-corrected chi connectivity index (χ2v) is 7.38. The van der Waals surface area contributed by atoms with E-state index in [1.165, 1.54) is 11.6 Å². The van der Waals surface area contributed by atoms with Crippen LogP contribution in [-0.2, 0) is 17.6 Å². The summed E-state index contributed by atoms with van der Waals surface area (Å²) < 4.78 is 13.8. The van der Waals surface area contributed by atoms with Crippen LogP contribution < -0.4 is 4.90 Å². The van der Waals surface area contributed by atoms with Gasteiger partial charge in [0.1, 0.15) is 5.82 Å². The fourth-order valence-corrected chi connectivity index (χ4v) is 3.21. The second kappa shape index (κ2) is 9.03. The third-order valence-electron chi connectivity index (χ3n) is 4.91. The number of carbonyl (C=O) groups is 1. The molecule has 3 rings (SSSR count). The van der Waals surface area contributed by atoms with E-state index in [-0.39, 0.29) is 10.9 Å². The van der Waals surface area contributed by atoms with E-state index in [1.54, 1.807) is 17.0 Å². The minimum atomic E-state index is -0.437. The van der Waals surface area contributed by atoms with Crippen LogP contribution in [0.5, 0.6) is 0 Å². The summed E-state index contributed by atoms with van der Waals surface area (Å²) in [6, 6.07) is 20.5. The largest absolute Gasteiger partial charge is 0.312 e. The lowest BCUT2D eigenvalue weighted by atomic mass is 10.1. The number of amides is 1. The Hall–Kier alpha value is -2.65. The molecule has 0 fully saturated rings. The van der Waals surface area contributed by atoms with E-state index in [2.05, 4.69) is 0 Å². The molecule has 2 nitrogen and oxygen atoms in total. The molecule has 0 saturated carbocycles. The number of anilines is 1. The number of benzene rings is 3. The van der Waals surface area contributed by atoms with Gasteiger partial charge in [0.25, 0.3) is 0 Å². The Morgan fingerprint density at radius 1 is 0.929 bits per heavy atom. The summed E-state index contributed by atoms with van der Waals surface area (Å²) in [4.78, 5) is 14.9. The van der Waals surface area contributed by atoms with Crippen LogP contribution in [0.25, 0.3) is 0 Å². The maximum Gasteiger partial charge on any atom is 0.231 e. The normalized spacial score (nSPS) is 10.7. The van der Waals surface area contributed by atoms with E-state index in [0.717, 1.165) is 22.4 Å². The van der Waals surface area contributed by atoms with Crippen molar-refractivity contribution >= 4 is 23.2 Å². The van der Waals surface area contributed by atoms with Gasteiger partial charge in [0.2, 0.25) is 5.91 Å². The van der Waals surface area contributed by atoms with Crippen LogP contribution in [0.4, 0.5) is 10.1 Å². The van der Waals surface area contributed by atoms with E-state index in [0.29, 0.717) is 19.4 Å². The number of rotatable bonds is 6. The first-order valence-electron chi connectivity index (χ1n) is 9.29. The lowest BCUT2D eigenvalue weighted by molar-refractivity contribution is -0.118. The quantitative estimate of drug-likeness (QED) is 0.507. The summed E-state index contributed by atoms with van der Waals surface area (Å²) in [6.45, 7) is 4.55. The molecule has 0 spiro atoms. The zero-order chi connectivity index (χ0) is 20.1. The second-order valence-electron chi connectivity index (χ2n) is 6.97. The van der Waals surface area contributed by atoms with E-state index < -0.39 is 5.82 Å². The number of carbonyl (C=O) groups excluding carboxylic acids is 1. The van der Waals surface area contributed by atoms with Gasteiger partial charge in [-0.25, -0.2) is 4.39 Å². The van der Waals surface area contributed by atoms with Crippen LogP contribution in [0.15, 0.2) is 66.7 Å². The zero-order valence-electron chi connectivity index (χ0n) is 16.1. The third-order valence-corrected chi connectivity index (χ3v) is 5.22. The topological polar surface area (TPSA) is 20.3 Å². The van der Waals surface area contributed by atoms with Gasteiger partial charge in [-0.05, 0) is 66.8 Å². The van der Waals surface area contributed by atoms with E-state index >= 15 is 0 Å². The van der Waals surface area contributed by atoms with Gasteiger partial charge in [0.05, 0.1) is 11.4 Å². The third kappa shape index (κ3) is 4.99. The van der Waals surface area contributed by atoms with E-state index in [4.69, 9.17) is 11.6 Å². The minimum absolute atomic E-state index is 0.0175. The van der Waals surface area contributed by atoms with Crippen LogP contribution in [0.2, 0.25) is 5.02 Å². The first-order chi connectivity index (χ1) is 13.4. The Kier molecular flexibility index (Phi) is 6.48. The molecule has 3 aromatic rings. The molecule has 0 bridgehead atoms. The van der Waals surface area contributed by atoms with Gasteiger partial charge < -0.3 is 4.90 Å². The SMILES string of the molecule is Cc1ccc(N(CCc2ccc(Cl)c(F)c2)C(=O)Cc2ccccc2)cc1C. The van der Waals surface area contributed by atoms with Crippen LogP contribution in [-0.4, -0.2) is 12.5 Å². The van der Waals surface area contributed by atoms with Crippen LogP contribution >= 0.6 is 11.6 Å². The van der Waals surface area contributed by atoms with Crippen molar-refractivity contribution in [2.24, 2.45) is 0 Å². The highest BCUT2D eigenvalue weighted by Crippen LogP contribution is 2.22.